The average Bonchev–Trinajstić information content (AvgIpc) is 2.89. The molecule has 22 heavy (non-hydrogen) atoms. The van der Waals surface area contributed by atoms with Gasteiger partial charge in [-0.05, 0) is 51.3 Å². The van der Waals surface area contributed by atoms with Gasteiger partial charge in [0.05, 0.1) is 26.2 Å². The summed E-state index contributed by atoms with van der Waals surface area (Å²) in [4.78, 5) is 0. The highest BCUT2D eigenvalue weighted by atomic mass is 79.9. The Morgan fingerprint density at radius 2 is 1.82 bits per heavy atom. The van der Waals surface area contributed by atoms with Crippen LogP contribution in [-0.2, 0) is 6.61 Å². The lowest BCUT2D eigenvalue weighted by Gasteiger charge is -2.07. The summed E-state index contributed by atoms with van der Waals surface area (Å²) in [5.74, 6) is 1.46. The third-order valence-electron chi connectivity index (χ3n) is 3.55. The molecule has 0 saturated heterocycles. The predicted molar refractivity (Wildman–Crippen MR) is 88.4 cm³/mol. The van der Waals surface area contributed by atoms with Crippen molar-refractivity contribution < 1.29 is 19.0 Å². The molecule has 0 saturated carbocycles. The topological polar surface area (TPSA) is 51.8 Å². The molecule has 4 nitrogen and oxygen atoms in total. The molecular formula is C17H15BrO4. The Hall–Kier alpha value is -1.98. The van der Waals surface area contributed by atoms with Gasteiger partial charge < -0.3 is 19.0 Å². The van der Waals surface area contributed by atoms with Crippen molar-refractivity contribution >= 4 is 26.9 Å². The zero-order valence-corrected chi connectivity index (χ0v) is 13.8. The molecule has 0 fully saturated rings. The van der Waals surface area contributed by atoms with E-state index in [4.69, 9.17) is 13.9 Å². The van der Waals surface area contributed by atoms with Crippen LogP contribution in [0.15, 0.2) is 45.5 Å². The van der Waals surface area contributed by atoms with E-state index in [1.165, 1.54) is 0 Å². The van der Waals surface area contributed by atoms with Crippen molar-refractivity contribution in [2.45, 2.75) is 6.61 Å². The molecule has 0 unspecified atom stereocenters. The summed E-state index contributed by atoms with van der Waals surface area (Å²) in [5.41, 5.74) is 3.31. The third-order valence-corrected chi connectivity index (χ3v) is 4.11. The molecule has 0 amide bonds. The number of benzene rings is 2. The van der Waals surface area contributed by atoms with Crippen LogP contribution in [0.1, 0.15) is 5.56 Å². The summed E-state index contributed by atoms with van der Waals surface area (Å²) < 4.78 is 17.1. The van der Waals surface area contributed by atoms with Gasteiger partial charge in [0.2, 0.25) is 0 Å². The first-order chi connectivity index (χ1) is 10.7. The van der Waals surface area contributed by atoms with Crippen LogP contribution in [0.5, 0.6) is 11.5 Å². The summed E-state index contributed by atoms with van der Waals surface area (Å²) >= 11 is 3.48. The Balaban J connectivity index is 2.26. The van der Waals surface area contributed by atoms with Gasteiger partial charge in [0.1, 0.15) is 17.1 Å². The molecule has 0 aliphatic heterocycles. The molecule has 0 radical (unpaired) electrons. The van der Waals surface area contributed by atoms with Crippen molar-refractivity contribution in [1.29, 1.82) is 0 Å². The van der Waals surface area contributed by atoms with Crippen LogP contribution in [0.4, 0.5) is 0 Å². The average molecular weight is 363 g/mol. The van der Waals surface area contributed by atoms with Crippen LogP contribution in [0.3, 0.4) is 0 Å². The number of fused-ring (bicyclic) bond motifs is 1. The predicted octanol–water partition coefficient (Wildman–Crippen LogP) is 4.37. The van der Waals surface area contributed by atoms with Gasteiger partial charge in [-0.15, -0.1) is 0 Å². The number of methoxy groups -OCH3 is 2. The van der Waals surface area contributed by atoms with E-state index >= 15 is 0 Å². The zero-order chi connectivity index (χ0) is 15.7. The van der Waals surface area contributed by atoms with Crippen LogP contribution < -0.4 is 9.47 Å². The van der Waals surface area contributed by atoms with Gasteiger partial charge in [0, 0.05) is 5.56 Å². The van der Waals surface area contributed by atoms with Gasteiger partial charge in [-0.3, -0.25) is 0 Å². The second-order valence-corrected chi connectivity index (χ2v) is 5.53. The highest BCUT2D eigenvalue weighted by Gasteiger charge is 2.19. The van der Waals surface area contributed by atoms with Crippen molar-refractivity contribution in [2.24, 2.45) is 0 Å². The molecule has 3 rings (SSSR count). The summed E-state index contributed by atoms with van der Waals surface area (Å²) in [6.45, 7) is -0.0670. The maximum Gasteiger partial charge on any atom is 0.178 e. The third kappa shape index (κ3) is 2.46. The number of aliphatic hydroxyl groups is 1. The van der Waals surface area contributed by atoms with E-state index in [1.54, 1.807) is 14.2 Å². The van der Waals surface area contributed by atoms with E-state index in [-0.39, 0.29) is 6.61 Å². The monoisotopic (exact) mass is 362 g/mol. The van der Waals surface area contributed by atoms with E-state index in [0.29, 0.717) is 16.0 Å². The molecular weight excluding hydrogens is 348 g/mol. The van der Waals surface area contributed by atoms with Crippen molar-refractivity contribution in [1.82, 2.24) is 0 Å². The molecule has 0 aliphatic carbocycles. The number of halogens is 1. The minimum Gasteiger partial charge on any atom is -0.497 e. The molecule has 0 aliphatic rings. The highest BCUT2D eigenvalue weighted by molar-refractivity contribution is 9.10. The number of ether oxygens (including phenoxy) is 2. The smallest absolute Gasteiger partial charge is 0.178 e. The fourth-order valence-corrected chi connectivity index (χ4v) is 3.09. The summed E-state index contributed by atoms with van der Waals surface area (Å²) in [7, 11) is 3.24. The lowest BCUT2D eigenvalue weighted by molar-refractivity contribution is 0.281. The molecule has 114 valence electrons. The van der Waals surface area contributed by atoms with Gasteiger partial charge in [-0.1, -0.05) is 12.1 Å². The molecule has 0 atom stereocenters. The quantitative estimate of drug-likeness (QED) is 0.748. The largest absolute Gasteiger partial charge is 0.497 e. The maximum atomic E-state index is 9.35. The van der Waals surface area contributed by atoms with Crippen LogP contribution in [0, 0.1) is 0 Å². The van der Waals surface area contributed by atoms with Crippen molar-refractivity contribution in [3.63, 3.8) is 0 Å². The van der Waals surface area contributed by atoms with Gasteiger partial charge in [0.25, 0.3) is 0 Å². The van der Waals surface area contributed by atoms with Crippen molar-refractivity contribution in [2.75, 3.05) is 14.2 Å². The van der Waals surface area contributed by atoms with Crippen LogP contribution >= 0.6 is 15.9 Å². The number of aliphatic hydroxyl groups excluding tert-OH is 1. The first kappa shape index (κ1) is 14.9. The van der Waals surface area contributed by atoms with E-state index in [1.807, 2.05) is 36.4 Å². The van der Waals surface area contributed by atoms with E-state index in [0.717, 1.165) is 27.8 Å². The molecule has 2 aromatic carbocycles. The Morgan fingerprint density at radius 1 is 1.09 bits per heavy atom. The number of hydrogen-bond acceptors (Lipinski definition) is 4. The van der Waals surface area contributed by atoms with Crippen molar-refractivity contribution in [3.05, 3.63) is 46.6 Å². The Kier molecular flexibility index (Phi) is 4.09. The number of furan rings is 1. The van der Waals surface area contributed by atoms with E-state index in [2.05, 4.69) is 15.9 Å². The first-order valence-electron chi connectivity index (χ1n) is 6.72. The van der Waals surface area contributed by atoms with Crippen molar-refractivity contribution in [3.8, 4) is 22.6 Å². The fraction of sp³-hybridized carbons (Fsp3) is 0.176. The first-order valence-corrected chi connectivity index (χ1v) is 7.51. The Labute approximate surface area is 136 Å². The van der Waals surface area contributed by atoms with Gasteiger partial charge in [-0.25, -0.2) is 0 Å². The standard InChI is InChI=1S/C17H15BrO4/c1-20-12-5-3-11(4-6-12)15-16-13(21-2)7-10(9-19)8-14(16)22-17(15)18/h3-8,19H,9H2,1-2H3. The molecule has 1 aromatic heterocycles. The lowest BCUT2D eigenvalue weighted by atomic mass is 10.0. The van der Waals surface area contributed by atoms with Gasteiger partial charge >= 0.3 is 0 Å². The SMILES string of the molecule is COc1ccc(-c2c(Br)oc3cc(CO)cc(OC)c23)cc1. The molecule has 3 aromatic rings. The van der Waals surface area contributed by atoms with Crippen LogP contribution in [0.25, 0.3) is 22.1 Å². The lowest BCUT2D eigenvalue weighted by Crippen LogP contribution is -1.89. The normalized spacial score (nSPS) is 10.9. The van der Waals surface area contributed by atoms with Gasteiger partial charge in [0.15, 0.2) is 4.67 Å². The molecule has 0 bridgehead atoms. The fourth-order valence-electron chi connectivity index (χ4n) is 2.48. The number of rotatable bonds is 4. The Bertz CT molecular complexity index is 806. The van der Waals surface area contributed by atoms with Gasteiger partial charge in [-0.2, -0.15) is 0 Å². The molecule has 1 heterocycles. The summed E-state index contributed by atoms with van der Waals surface area (Å²) in [6, 6.07) is 11.4. The van der Waals surface area contributed by atoms with E-state index < -0.39 is 0 Å². The molecule has 5 heteroatoms. The molecule has 1 N–H and O–H groups in total. The Morgan fingerprint density at radius 3 is 2.41 bits per heavy atom. The highest BCUT2D eigenvalue weighted by Crippen LogP contribution is 2.43. The van der Waals surface area contributed by atoms with E-state index in [9.17, 15) is 5.11 Å². The van der Waals surface area contributed by atoms with Crippen LogP contribution in [-0.4, -0.2) is 19.3 Å². The minimum absolute atomic E-state index is 0.0670. The number of hydrogen-bond donors (Lipinski definition) is 1. The minimum atomic E-state index is -0.0670. The second-order valence-electron chi connectivity index (χ2n) is 4.81. The summed E-state index contributed by atoms with van der Waals surface area (Å²) in [6.07, 6.45) is 0. The van der Waals surface area contributed by atoms with Crippen LogP contribution in [0.2, 0.25) is 0 Å². The summed E-state index contributed by atoms with van der Waals surface area (Å²) in [5, 5.41) is 10.2. The second kappa shape index (κ2) is 6.02. The zero-order valence-electron chi connectivity index (χ0n) is 12.2. The maximum absolute atomic E-state index is 9.35. The molecule has 0 spiro atoms.